The molecule has 1 aliphatic heterocycles. The summed E-state index contributed by atoms with van der Waals surface area (Å²) in [6.07, 6.45) is 0. The van der Waals surface area contributed by atoms with Crippen LogP contribution in [-0.2, 0) is 10.0 Å². The summed E-state index contributed by atoms with van der Waals surface area (Å²) in [7, 11) is -3.83. The van der Waals surface area contributed by atoms with Crippen molar-refractivity contribution in [3.63, 3.8) is 0 Å². The molecule has 2 aromatic rings. The van der Waals surface area contributed by atoms with Gasteiger partial charge in [0.25, 0.3) is 0 Å². The molecule has 0 amide bonds. The molecule has 1 unspecified atom stereocenters. The predicted octanol–water partition coefficient (Wildman–Crippen LogP) is 2.86. The number of nitriles is 1. The number of benzene rings is 2. The Bertz CT molecular complexity index is 938. The van der Waals surface area contributed by atoms with Gasteiger partial charge in [-0.15, -0.1) is 0 Å². The van der Waals surface area contributed by atoms with Crippen molar-refractivity contribution in [3.8, 4) is 6.07 Å². The van der Waals surface area contributed by atoms with Gasteiger partial charge in [-0.25, -0.2) is 8.42 Å². The molecule has 1 heterocycles. The Morgan fingerprint density at radius 2 is 2.00 bits per heavy atom. The highest BCUT2D eigenvalue weighted by atomic mass is 35.5. The van der Waals surface area contributed by atoms with E-state index in [0.29, 0.717) is 30.2 Å². The zero-order chi connectivity index (χ0) is 18.0. The van der Waals surface area contributed by atoms with Crippen LogP contribution in [0.4, 0.5) is 0 Å². The van der Waals surface area contributed by atoms with E-state index in [2.05, 4.69) is 5.32 Å². The van der Waals surface area contributed by atoms with Gasteiger partial charge in [0.15, 0.2) is 0 Å². The highest BCUT2D eigenvalue weighted by molar-refractivity contribution is 7.89. The molecule has 0 spiro atoms. The fourth-order valence-corrected chi connectivity index (χ4v) is 5.19. The van der Waals surface area contributed by atoms with Crippen molar-refractivity contribution in [1.29, 1.82) is 5.26 Å². The summed E-state index contributed by atoms with van der Waals surface area (Å²) in [6, 6.07) is 13.7. The summed E-state index contributed by atoms with van der Waals surface area (Å²) < 4.78 is 28.1. The Kier molecular flexibility index (Phi) is 5.11. The molecule has 1 N–H and O–H groups in total. The summed E-state index contributed by atoms with van der Waals surface area (Å²) in [4.78, 5) is 0.0500. The van der Waals surface area contributed by atoms with Crippen LogP contribution >= 0.6 is 11.6 Å². The van der Waals surface area contributed by atoms with E-state index in [1.54, 1.807) is 25.1 Å². The summed E-state index contributed by atoms with van der Waals surface area (Å²) >= 11 is 6.30. The number of hydrogen-bond acceptors (Lipinski definition) is 4. The fourth-order valence-electron chi connectivity index (χ4n) is 3.11. The lowest BCUT2D eigenvalue weighted by Crippen LogP contribution is -2.48. The largest absolute Gasteiger partial charge is 0.313 e. The molecule has 0 saturated carbocycles. The predicted molar refractivity (Wildman–Crippen MR) is 96.8 cm³/mol. The summed E-state index contributed by atoms with van der Waals surface area (Å²) in [6.45, 7) is 3.07. The number of hydrogen-bond donors (Lipinski definition) is 1. The zero-order valence-electron chi connectivity index (χ0n) is 13.7. The van der Waals surface area contributed by atoms with E-state index in [9.17, 15) is 13.7 Å². The van der Waals surface area contributed by atoms with Crippen LogP contribution in [0.1, 0.15) is 22.7 Å². The van der Waals surface area contributed by atoms with Crippen LogP contribution in [0.2, 0.25) is 5.02 Å². The normalized spacial score (nSPS) is 18.7. The monoisotopic (exact) mass is 375 g/mol. The Balaban J connectivity index is 2.11. The Labute approximate surface area is 152 Å². The zero-order valence-corrected chi connectivity index (χ0v) is 15.3. The van der Waals surface area contributed by atoms with Gasteiger partial charge in [0.1, 0.15) is 11.0 Å². The van der Waals surface area contributed by atoms with Crippen molar-refractivity contribution in [2.45, 2.75) is 17.9 Å². The topological polar surface area (TPSA) is 73.2 Å². The third-order valence-corrected chi connectivity index (χ3v) is 6.69. The Morgan fingerprint density at radius 3 is 2.72 bits per heavy atom. The number of rotatable bonds is 3. The van der Waals surface area contributed by atoms with E-state index in [-0.39, 0.29) is 10.5 Å². The van der Waals surface area contributed by atoms with E-state index in [1.807, 2.05) is 24.3 Å². The third kappa shape index (κ3) is 3.29. The number of piperazine rings is 1. The van der Waals surface area contributed by atoms with Crippen LogP contribution in [0, 0.1) is 18.3 Å². The van der Waals surface area contributed by atoms with E-state index in [0.717, 1.165) is 5.56 Å². The molecule has 130 valence electrons. The quantitative estimate of drug-likeness (QED) is 0.895. The van der Waals surface area contributed by atoms with Gasteiger partial charge in [-0.05, 0) is 30.2 Å². The smallest absolute Gasteiger partial charge is 0.245 e. The molecule has 1 aliphatic rings. The second-order valence-electron chi connectivity index (χ2n) is 5.92. The first kappa shape index (κ1) is 17.9. The second-order valence-corrected chi connectivity index (χ2v) is 8.18. The number of nitrogens with one attached hydrogen (secondary N) is 1. The average molecular weight is 376 g/mol. The van der Waals surface area contributed by atoms with E-state index >= 15 is 0 Å². The molecule has 2 aromatic carbocycles. The molecule has 1 atom stereocenters. The molecule has 0 bridgehead atoms. The SMILES string of the molecule is Cc1cccc(S(=O)(=O)N2CCNCC2c2ccccc2Cl)c1C#N. The number of aryl methyl sites for hydroxylation is 1. The van der Waals surface area contributed by atoms with Gasteiger partial charge >= 0.3 is 0 Å². The molecule has 0 aromatic heterocycles. The molecular weight excluding hydrogens is 358 g/mol. The summed E-state index contributed by atoms with van der Waals surface area (Å²) in [5.41, 5.74) is 1.60. The second kappa shape index (κ2) is 7.14. The van der Waals surface area contributed by atoms with Crippen LogP contribution in [0.15, 0.2) is 47.4 Å². The Hall–Kier alpha value is -1.91. The van der Waals surface area contributed by atoms with Gasteiger partial charge < -0.3 is 5.32 Å². The maximum atomic E-state index is 13.3. The lowest BCUT2D eigenvalue weighted by molar-refractivity contribution is 0.271. The van der Waals surface area contributed by atoms with Crippen molar-refractivity contribution < 1.29 is 8.42 Å². The van der Waals surface area contributed by atoms with E-state index in [1.165, 1.54) is 10.4 Å². The van der Waals surface area contributed by atoms with Crippen LogP contribution in [0.5, 0.6) is 0 Å². The maximum absolute atomic E-state index is 13.3. The maximum Gasteiger partial charge on any atom is 0.245 e. The van der Waals surface area contributed by atoms with Crippen molar-refractivity contribution in [3.05, 3.63) is 64.2 Å². The van der Waals surface area contributed by atoms with Crippen molar-refractivity contribution >= 4 is 21.6 Å². The lowest BCUT2D eigenvalue weighted by Gasteiger charge is -2.36. The summed E-state index contributed by atoms with van der Waals surface area (Å²) in [5, 5.41) is 13.2. The molecule has 1 saturated heterocycles. The molecule has 0 aliphatic carbocycles. The minimum Gasteiger partial charge on any atom is -0.313 e. The number of nitrogens with zero attached hydrogens (tertiary/aromatic N) is 2. The third-order valence-electron chi connectivity index (χ3n) is 4.39. The van der Waals surface area contributed by atoms with Gasteiger partial charge in [-0.1, -0.05) is 41.9 Å². The van der Waals surface area contributed by atoms with Gasteiger partial charge in [0.2, 0.25) is 10.0 Å². The molecule has 5 nitrogen and oxygen atoms in total. The van der Waals surface area contributed by atoms with Crippen molar-refractivity contribution in [1.82, 2.24) is 9.62 Å². The van der Waals surface area contributed by atoms with Gasteiger partial charge in [-0.3, -0.25) is 0 Å². The first-order chi connectivity index (χ1) is 12.0. The highest BCUT2D eigenvalue weighted by Gasteiger charge is 2.36. The van der Waals surface area contributed by atoms with Crippen molar-refractivity contribution in [2.75, 3.05) is 19.6 Å². The number of sulfonamides is 1. The minimum absolute atomic E-state index is 0.0500. The number of halogens is 1. The van der Waals surface area contributed by atoms with Crippen molar-refractivity contribution in [2.24, 2.45) is 0 Å². The average Bonchev–Trinajstić information content (AvgIpc) is 2.62. The minimum atomic E-state index is -3.83. The van der Waals surface area contributed by atoms with E-state index in [4.69, 9.17) is 11.6 Å². The molecule has 1 fully saturated rings. The highest BCUT2D eigenvalue weighted by Crippen LogP contribution is 2.33. The standard InChI is InChI=1S/C18H18ClN3O2S/c1-13-5-4-8-18(15(13)11-20)25(23,24)22-10-9-21-12-17(22)14-6-2-3-7-16(14)19/h2-8,17,21H,9-10,12H2,1H3. The van der Waals surface area contributed by atoms with Crippen LogP contribution in [0.25, 0.3) is 0 Å². The first-order valence-corrected chi connectivity index (χ1v) is 9.75. The van der Waals surface area contributed by atoms with Crippen LogP contribution < -0.4 is 5.32 Å². The summed E-state index contributed by atoms with van der Waals surface area (Å²) in [5.74, 6) is 0. The molecule has 25 heavy (non-hydrogen) atoms. The first-order valence-electron chi connectivity index (χ1n) is 7.93. The Morgan fingerprint density at radius 1 is 1.24 bits per heavy atom. The molecule has 0 radical (unpaired) electrons. The van der Waals surface area contributed by atoms with Gasteiger partial charge in [-0.2, -0.15) is 9.57 Å². The molecule has 7 heteroatoms. The van der Waals surface area contributed by atoms with E-state index < -0.39 is 16.1 Å². The van der Waals surface area contributed by atoms with Gasteiger partial charge in [0, 0.05) is 24.7 Å². The van der Waals surface area contributed by atoms with Gasteiger partial charge in [0.05, 0.1) is 11.6 Å². The van der Waals surface area contributed by atoms with Crippen LogP contribution in [0.3, 0.4) is 0 Å². The molecule has 3 rings (SSSR count). The fraction of sp³-hybridized carbons (Fsp3) is 0.278. The lowest BCUT2D eigenvalue weighted by atomic mass is 10.1. The molecular formula is C18H18ClN3O2S. The van der Waals surface area contributed by atoms with Crippen LogP contribution in [-0.4, -0.2) is 32.4 Å².